The molecule has 33 heavy (non-hydrogen) atoms. The molecule has 0 saturated heterocycles. The molecule has 0 aliphatic carbocycles. The highest BCUT2D eigenvalue weighted by atomic mass is 32.2. The molecule has 2 atom stereocenters. The second kappa shape index (κ2) is 8.52. The molecule has 0 radical (unpaired) electrons. The van der Waals surface area contributed by atoms with Gasteiger partial charge in [-0.2, -0.15) is 0 Å². The lowest BCUT2D eigenvalue weighted by Crippen LogP contribution is -2.08. The van der Waals surface area contributed by atoms with Gasteiger partial charge in [-0.15, -0.1) is 11.8 Å². The monoisotopic (exact) mass is 448 g/mol. The van der Waals surface area contributed by atoms with E-state index in [1.165, 1.54) is 0 Å². The van der Waals surface area contributed by atoms with Crippen LogP contribution in [0, 0.1) is 0 Å². The zero-order valence-electron chi connectivity index (χ0n) is 17.6. The molecule has 2 aromatic carbocycles. The van der Waals surface area contributed by atoms with Crippen molar-refractivity contribution in [2.75, 3.05) is 0 Å². The summed E-state index contributed by atoms with van der Waals surface area (Å²) in [4.78, 5) is 26.2. The van der Waals surface area contributed by atoms with Crippen LogP contribution < -0.4 is 0 Å². The molecule has 0 aliphatic heterocycles. The van der Waals surface area contributed by atoms with E-state index in [1.807, 2.05) is 97.3 Å². The molecule has 0 aliphatic rings. The highest BCUT2D eigenvalue weighted by molar-refractivity contribution is 8.00. The number of hydrogen-bond acceptors (Lipinski definition) is 5. The third-order valence-corrected chi connectivity index (χ3v) is 6.97. The van der Waals surface area contributed by atoms with Gasteiger partial charge in [-0.05, 0) is 48.5 Å². The van der Waals surface area contributed by atoms with Gasteiger partial charge in [-0.25, -0.2) is 9.97 Å². The molecule has 6 rings (SSSR count). The Bertz CT molecular complexity index is 1330. The predicted molar refractivity (Wildman–Crippen MR) is 132 cm³/mol. The number of benzene rings is 2. The van der Waals surface area contributed by atoms with E-state index in [1.54, 1.807) is 11.8 Å². The van der Waals surface area contributed by atoms with Gasteiger partial charge in [0.15, 0.2) is 0 Å². The summed E-state index contributed by atoms with van der Waals surface area (Å²) < 4.78 is 0. The Morgan fingerprint density at radius 1 is 0.545 bits per heavy atom. The lowest BCUT2D eigenvalue weighted by atomic mass is 10.2. The second-order valence-corrected chi connectivity index (χ2v) is 8.90. The van der Waals surface area contributed by atoms with Gasteiger partial charge in [0.05, 0.1) is 33.5 Å². The normalized spacial score (nSPS) is 13.3. The molecule has 0 fully saturated rings. The fourth-order valence-electron chi connectivity index (χ4n) is 3.94. The maximum Gasteiger partial charge on any atom is 0.126 e. The highest BCUT2D eigenvalue weighted by Gasteiger charge is 2.29. The van der Waals surface area contributed by atoms with Crippen LogP contribution >= 0.6 is 11.8 Å². The van der Waals surface area contributed by atoms with Gasteiger partial charge >= 0.3 is 0 Å². The summed E-state index contributed by atoms with van der Waals surface area (Å²) in [5.74, 6) is 1.72. The highest BCUT2D eigenvalue weighted by Crippen LogP contribution is 2.45. The molecule has 4 aromatic heterocycles. The van der Waals surface area contributed by atoms with Crippen LogP contribution in [0.25, 0.3) is 22.1 Å². The Balaban J connectivity index is 1.48. The quantitative estimate of drug-likeness (QED) is 0.334. The Morgan fingerprint density at radius 3 is 1.42 bits per heavy atom. The van der Waals surface area contributed by atoms with E-state index < -0.39 is 0 Å². The number of para-hydroxylation sites is 4. The number of pyridine rings is 2. The van der Waals surface area contributed by atoms with Gasteiger partial charge in [0, 0.05) is 12.4 Å². The average molecular weight is 449 g/mol. The van der Waals surface area contributed by atoms with E-state index in [4.69, 9.17) is 9.97 Å². The molecule has 0 amide bonds. The van der Waals surface area contributed by atoms with Crippen molar-refractivity contribution in [2.24, 2.45) is 0 Å². The first-order valence-electron chi connectivity index (χ1n) is 10.7. The Morgan fingerprint density at radius 2 is 1.00 bits per heavy atom. The third kappa shape index (κ3) is 3.87. The van der Waals surface area contributed by atoms with Crippen LogP contribution in [-0.4, -0.2) is 29.9 Å². The number of nitrogens with zero attached hydrogens (tertiary/aromatic N) is 4. The number of thioether (sulfide) groups is 1. The first kappa shape index (κ1) is 19.7. The first-order valence-corrected chi connectivity index (χ1v) is 11.7. The third-order valence-electron chi connectivity index (χ3n) is 5.50. The summed E-state index contributed by atoms with van der Waals surface area (Å²) in [7, 11) is 0. The molecule has 2 N–H and O–H groups in total. The van der Waals surface area contributed by atoms with Gasteiger partial charge < -0.3 is 9.97 Å². The van der Waals surface area contributed by atoms with Gasteiger partial charge in [0.1, 0.15) is 22.1 Å². The van der Waals surface area contributed by atoms with Crippen molar-refractivity contribution >= 4 is 33.8 Å². The summed E-state index contributed by atoms with van der Waals surface area (Å²) in [6.07, 6.45) is 3.64. The molecule has 160 valence electrons. The fraction of sp³-hybridized carbons (Fsp3) is 0.0769. The van der Waals surface area contributed by atoms with Gasteiger partial charge in [-0.3, -0.25) is 9.97 Å². The van der Waals surface area contributed by atoms with Crippen LogP contribution in [0.2, 0.25) is 0 Å². The topological polar surface area (TPSA) is 83.1 Å². The van der Waals surface area contributed by atoms with Crippen LogP contribution in [0.1, 0.15) is 33.5 Å². The summed E-state index contributed by atoms with van der Waals surface area (Å²) in [5.41, 5.74) is 5.75. The fourth-order valence-corrected chi connectivity index (χ4v) is 5.25. The van der Waals surface area contributed by atoms with Crippen molar-refractivity contribution in [1.82, 2.24) is 29.9 Å². The molecular weight excluding hydrogens is 428 g/mol. The zero-order chi connectivity index (χ0) is 22.0. The number of H-pyrrole nitrogens is 2. The smallest absolute Gasteiger partial charge is 0.126 e. The zero-order valence-corrected chi connectivity index (χ0v) is 18.4. The van der Waals surface area contributed by atoms with Crippen LogP contribution in [0.15, 0.2) is 97.3 Å². The van der Waals surface area contributed by atoms with E-state index in [-0.39, 0.29) is 10.5 Å². The molecule has 6 nitrogen and oxygen atoms in total. The van der Waals surface area contributed by atoms with Crippen molar-refractivity contribution in [3.63, 3.8) is 0 Å². The largest absolute Gasteiger partial charge is 0.341 e. The number of aromatic amines is 2. The maximum atomic E-state index is 4.91. The number of hydrogen-bond donors (Lipinski definition) is 2. The van der Waals surface area contributed by atoms with Crippen molar-refractivity contribution in [3.8, 4) is 0 Å². The first-order chi connectivity index (χ1) is 16.3. The number of imidazole rings is 2. The van der Waals surface area contributed by atoms with E-state index in [2.05, 4.69) is 19.9 Å². The van der Waals surface area contributed by atoms with E-state index in [0.717, 1.165) is 45.1 Å². The minimum absolute atomic E-state index is 0.140. The maximum absolute atomic E-state index is 4.91. The summed E-state index contributed by atoms with van der Waals surface area (Å²) in [5, 5.41) is -0.280. The minimum atomic E-state index is -0.140. The molecule has 4 heterocycles. The standard InChI is InChI=1S/C26H20N6S/c1-2-10-18-17(9-1)29-25(30-18)23(21-13-5-7-15-27-21)33-24(22-14-6-8-16-28-22)26-31-19-11-3-4-12-20(19)32-26/h1-16,23-24H,(H,29,30)(H,31,32). The SMILES string of the molecule is c1ccc(C(SC(c2ccccn2)c2nc3ccccc3[nH]2)c2nc3ccccc3[nH]2)nc1. The van der Waals surface area contributed by atoms with E-state index in [0.29, 0.717) is 0 Å². The molecular formula is C26H20N6S. The minimum Gasteiger partial charge on any atom is -0.341 e. The second-order valence-electron chi connectivity index (χ2n) is 7.68. The Labute approximate surface area is 194 Å². The van der Waals surface area contributed by atoms with Crippen LogP contribution in [0.5, 0.6) is 0 Å². The lowest BCUT2D eigenvalue weighted by molar-refractivity contribution is 0.922. The van der Waals surface area contributed by atoms with Crippen molar-refractivity contribution < 1.29 is 0 Å². The number of nitrogens with one attached hydrogen (secondary N) is 2. The molecule has 2 unspecified atom stereocenters. The Kier molecular flexibility index (Phi) is 5.08. The van der Waals surface area contributed by atoms with Gasteiger partial charge in [0.25, 0.3) is 0 Å². The molecule has 0 saturated carbocycles. The summed E-state index contributed by atoms with van der Waals surface area (Å²) in [6, 6.07) is 28.1. The van der Waals surface area contributed by atoms with E-state index in [9.17, 15) is 0 Å². The van der Waals surface area contributed by atoms with Crippen molar-refractivity contribution in [3.05, 3.63) is 120 Å². The summed E-state index contributed by atoms with van der Waals surface area (Å²) >= 11 is 1.72. The van der Waals surface area contributed by atoms with Crippen LogP contribution in [-0.2, 0) is 0 Å². The number of fused-ring (bicyclic) bond motifs is 2. The number of aromatic nitrogens is 6. The Hall–Kier alpha value is -3.97. The lowest BCUT2D eigenvalue weighted by Gasteiger charge is -2.20. The van der Waals surface area contributed by atoms with E-state index >= 15 is 0 Å². The summed E-state index contributed by atoms with van der Waals surface area (Å²) in [6.45, 7) is 0. The van der Waals surface area contributed by atoms with Crippen molar-refractivity contribution in [2.45, 2.75) is 10.5 Å². The average Bonchev–Trinajstić information content (AvgIpc) is 3.50. The van der Waals surface area contributed by atoms with Gasteiger partial charge in [0.2, 0.25) is 0 Å². The number of rotatable bonds is 6. The predicted octanol–water partition coefficient (Wildman–Crippen LogP) is 5.84. The van der Waals surface area contributed by atoms with Gasteiger partial charge in [-0.1, -0.05) is 36.4 Å². The molecule has 0 bridgehead atoms. The van der Waals surface area contributed by atoms with Crippen LogP contribution in [0.4, 0.5) is 0 Å². The molecule has 6 aromatic rings. The molecule has 7 heteroatoms. The van der Waals surface area contributed by atoms with Crippen molar-refractivity contribution in [1.29, 1.82) is 0 Å². The van der Waals surface area contributed by atoms with Crippen LogP contribution in [0.3, 0.4) is 0 Å². The molecule has 0 spiro atoms.